The van der Waals surface area contributed by atoms with Crippen LogP contribution < -0.4 is 15.2 Å². The maximum atomic E-state index is 13.6. The average molecular weight is 473 g/mol. The van der Waals surface area contributed by atoms with Crippen molar-refractivity contribution in [1.82, 2.24) is 25.2 Å². The molecule has 4 aromatic rings. The second-order valence-electron chi connectivity index (χ2n) is 9.19. The third kappa shape index (κ3) is 4.05. The Morgan fingerprint density at radius 1 is 1.20 bits per heavy atom. The van der Waals surface area contributed by atoms with Crippen LogP contribution in [0.25, 0.3) is 10.9 Å². The molecule has 2 aromatic heterocycles. The van der Waals surface area contributed by atoms with Crippen LogP contribution in [0.4, 0.5) is 5.69 Å². The predicted molar refractivity (Wildman–Crippen MR) is 132 cm³/mol. The van der Waals surface area contributed by atoms with Crippen LogP contribution in [0.2, 0.25) is 0 Å². The van der Waals surface area contributed by atoms with Crippen molar-refractivity contribution in [2.75, 3.05) is 25.2 Å². The number of nitrogens with one attached hydrogen (secondary N) is 1. The number of aromatic nitrogens is 5. The molecular weight excluding hydrogens is 444 g/mol. The first-order valence-electron chi connectivity index (χ1n) is 12.1. The number of pyridine rings is 1. The highest BCUT2D eigenvalue weighted by Gasteiger charge is 2.34. The highest BCUT2D eigenvalue weighted by atomic mass is 16.5. The fourth-order valence-corrected chi connectivity index (χ4v) is 5.32. The maximum absolute atomic E-state index is 13.6. The third-order valence-electron chi connectivity index (χ3n) is 7.04. The van der Waals surface area contributed by atoms with Gasteiger partial charge in [0.2, 0.25) is 0 Å². The first-order valence-corrected chi connectivity index (χ1v) is 12.1. The van der Waals surface area contributed by atoms with E-state index in [4.69, 9.17) is 9.47 Å². The monoisotopic (exact) mass is 472 g/mol. The maximum Gasteiger partial charge on any atom is 0.254 e. The number of fused-ring (bicyclic) bond motifs is 2. The van der Waals surface area contributed by atoms with Gasteiger partial charge in [0, 0.05) is 30.5 Å². The molecule has 1 fully saturated rings. The van der Waals surface area contributed by atoms with Crippen LogP contribution in [0.5, 0.6) is 5.75 Å². The number of para-hydroxylation sites is 1. The molecule has 4 heterocycles. The van der Waals surface area contributed by atoms with E-state index in [1.54, 1.807) is 7.11 Å². The summed E-state index contributed by atoms with van der Waals surface area (Å²) in [6.45, 7) is 2.13. The zero-order valence-corrected chi connectivity index (χ0v) is 19.7. The molecule has 0 aliphatic carbocycles. The van der Waals surface area contributed by atoms with Crippen molar-refractivity contribution in [3.05, 3.63) is 75.8 Å². The lowest BCUT2D eigenvalue weighted by atomic mass is 9.96. The number of methoxy groups -OCH3 is 1. The molecule has 1 saturated heterocycles. The minimum atomic E-state index is -0.442. The summed E-state index contributed by atoms with van der Waals surface area (Å²) in [5, 5.41) is 13.7. The number of hydrogen-bond donors (Lipinski definition) is 1. The van der Waals surface area contributed by atoms with Crippen molar-refractivity contribution >= 4 is 16.6 Å². The van der Waals surface area contributed by atoms with Gasteiger partial charge in [-0.3, -0.25) is 4.79 Å². The molecule has 2 atom stereocenters. The number of tetrazole rings is 1. The van der Waals surface area contributed by atoms with Crippen LogP contribution >= 0.6 is 0 Å². The number of benzene rings is 2. The number of aryl methyl sites for hydroxylation is 1. The van der Waals surface area contributed by atoms with Gasteiger partial charge in [0.1, 0.15) is 11.8 Å². The van der Waals surface area contributed by atoms with Crippen molar-refractivity contribution < 1.29 is 9.47 Å². The smallest absolute Gasteiger partial charge is 0.254 e. The molecule has 0 radical (unpaired) electrons. The summed E-state index contributed by atoms with van der Waals surface area (Å²) < 4.78 is 13.0. The van der Waals surface area contributed by atoms with Gasteiger partial charge in [0.15, 0.2) is 5.82 Å². The van der Waals surface area contributed by atoms with E-state index in [2.05, 4.69) is 43.6 Å². The lowest BCUT2D eigenvalue weighted by Crippen LogP contribution is -2.39. The fourth-order valence-electron chi connectivity index (χ4n) is 5.32. The Labute approximate surface area is 202 Å². The molecule has 2 aliphatic rings. The van der Waals surface area contributed by atoms with Gasteiger partial charge >= 0.3 is 0 Å². The molecule has 0 unspecified atom stereocenters. The molecule has 0 bridgehead atoms. The van der Waals surface area contributed by atoms with E-state index in [1.807, 2.05) is 35.0 Å². The molecule has 9 nitrogen and oxygen atoms in total. The molecule has 0 spiro atoms. The molecule has 180 valence electrons. The van der Waals surface area contributed by atoms with E-state index in [9.17, 15) is 4.79 Å². The topological polar surface area (TPSA) is 98.2 Å². The molecule has 6 rings (SSSR count). The summed E-state index contributed by atoms with van der Waals surface area (Å²) in [5.41, 5.74) is 3.57. The second-order valence-corrected chi connectivity index (χ2v) is 9.19. The number of hydrogen-bond acceptors (Lipinski definition) is 7. The van der Waals surface area contributed by atoms with Gasteiger partial charge in [-0.25, -0.2) is 4.68 Å². The molecule has 1 N–H and O–H groups in total. The minimum absolute atomic E-state index is 0.0777. The summed E-state index contributed by atoms with van der Waals surface area (Å²) in [7, 11) is 1.62. The van der Waals surface area contributed by atoms with Crippen molar-refractivity contribution in [2.45, 2.75) is 44.4 Å². The Bertz CT molecular complexity index is 1410. The van der Waals surface area contributed by atoms with Crippen molar-refractivity contribution in [3.63, 3.8) is 0 Å². The van der Waals surface area contributed by atoms with Gasteiger partial charge in [0.25, 0.3) is 5.56 Å². The van der Waals surface area contributed by atoms with Crippen molar-refractivity contribution in [1.29, 1.82) is 0 Å². The van der Waals surface area contributed by atoms with Crippen molar-refractivity contribution in [2.24, 2.45) is 0 Å². The molecule has 0 saturated carbocycles. The Morgan fingerprint density at radius 3 is 2.97 bits per heavy atom. The van der Waals surface area contributed by atoms with Crippen LogP contribution in [-0.2, 0) is 17.7 Å². The number of anilines is 1. The Hall–Kier alpha value is -3.72. The molecule has 2 aliphatic heterocycles. The normalized spacial score (nSPS) is 18.5. The van der Waals surface area contributed by atoms with E-state index in [0.29, 0.717) is 23.7 Å². The van der Waals surface area contributed by atoms with Crippen LogP contribution in [0.3, 0.4) is 0 Å². The quantitative estimate of drug-likeness (QED) is 0.460. The van der Waals surface area contributed by atoms with E-state index in [-0.39, 0.29) is 11.7 Å². The SMILES string of the molecule is COc1ccc2cc([C@H](c3nnnn3C[C@H]3CCCO3)N3CCCc4ccccc43)c(=O)[nH]c2c1. The molecule has 35 heavy (non-hydrogen) atoms. The van der Waals surface area contributed by atoms with Crippen LogP contribution in [0.1, 0.15) is 42.3 Å². The Balaban J connectivity index is 1.51. The van der Waals surface area contributed by atoms with E-state index in [1.165, 1.54) is 5.56 Å². The van der Waals surface area contributed by atoms with E-state index in [0.717, 1.165) is 55.4 Å². The lowest BCUT2D eigenvalue weighted by Gasteiger charge is -2.37. The highest BCUT2D eigenvalue weighted by molar-refractivity contribution is 5.81. The van der Waals surface area contributed by atoms with Gasteiger partial charge in [-0.05, 0) is 71.3 Å². The second kappa shape index (κ2) is 9.14. The van der Waals surface area contributed by atoms with Crippen LogP contribution in [0.15, 0.2) is 53.3 Å². The first kappa shape index (κ1) is 21.8. The predicted octanol–water partition coefficient (Wildman–Crippen LogP) is 3.24. The van der Waals surface area contributed by atoms with E-state index >= 15 is 0 Å². The summed E-state index contributed by atoms with van der Waals surface area (Å²) in [6, 6.07) is 15.6. The number of H-pyrrole nitrogens is 1. The number of nitrogens with zero attached hydrogens (tertiary/aromatic N) is 5. The summed E-state index contributed by atoms with van der Waals surface area (Å²) in [4.78, 5) is 18.9. The largest absolute Gasteiger partial charge is 0.497 e. The number of rotatable bonds is 6. The highest BCUT2D eigenvalue weighted by Crippen LogP contribution is 2.37. The molecule has 9 heteroatoms. The zero-order valence-electron chi connectivity index (χ0n) is 19.7. The third-order valence-corrected chi connectivity index (χ3v) is 7.04. The molecule has 0 amide bonds. The van der Waals surface area contributed by atoms with Crippen molar-refractivity contribution in [3.8, 4) is 5.75 Å². The van der Waals surface area contributed by atoms with Gasteiger partial charge in [0.05, 0.1) is 25.3 Å². The Morgan fingerprint density at radius 2 is 2.11 bits per heavy atom. The zero-order chi connectivity index (χ0) is 23.8. The van der Waals surface area contributed by atoms with Gasteiger partial charge in [-0.15, -0.1) is 5.10 Å². The van der Waals surface area contributed by atoms with Gasteiger partial charge in [-0.2, -0.15) is 0 Å². The summed E-state index contributed by atoms with van der Waals surface area (Å²) in [5.74, 6) is 1.35. The Kier molecular flexibility index (Phi) is 5.69. The summed E-state index contributed by atoms with van der Waals surface area (Å²) >= 11 is 0. The number of aromatic amines is 1. The fraction of sp³-hybridized carbons (Fsp3) is 0.385. The lowest BCUT2D eigenvalue weighted by molar-refractivity contribution is 0.0924. The molecule has 2 aromatic carbocycles. The van der Waals surface area contributed by atoms with E-state index < -0.39 is 6.04 Å². The van der Waals surface area contributed by atoms with Crippen LogP contribution in [-0.4, -0.2) is 51.6 Å². The van der Waals surface area contributed by atoms with Gasteiger partial charge in [-0.1, -0.05) is 18.2 Å². The van der Waals surface area contributed by atoms with Gasteiger partial charge < -0.3 is 19.4 Å². The average Bonchev–Trinajstić information content (AvgIpc) is 3.57. The number of ether oxygens (including phenoxy) is 2. The van der Waals surface area contributed by atoms with Crippen LogP contribution in [0, 0.1) is 0 Å². The standard InChI is InChI=1S/C26H28N6O3/c1-34-19-11-10-18-14-21(26(33)27-22(18)15-19)24(31-12-4-7-17-6-2-3-9-23(17)31)25-28-29-30-32(25)16-20-8-5-13-35-20/h2-3,6,9-11,14-15,20,24H,4-5,7-8,12-13,16H2,1H3,(H,27,33)/t20-,24-/m1/s1. The first-order chi connectivity index (χ1) is 17.2. The summed E-state index contributed by atoms with van der Waals surface area (Å²) in [6.07, 6.45) is 4.10. The molecular formula is C26H28N6O3. The minimum Gasteiger partial charge on any atom is -0.497 e.